The van der Waals surface area contributed by atoms with Gasteiger partial charge in [-0.3, -0.25) is 19.7 Å². The first-order valence-electron chi connectivity index (χ1n) is 11.8. The summed E-state index contributed by atoms with van der Waals surface area (Å²) in [6.45, 7) is 10.2. The Morgan fingerprint density at radius 3 is 2.69 bits per heavy atom. The van der Waals surface area contributed by atoms with Crippen molar-refractivity contribution in [3.05, 3.63) is 17.7 Å². The number of carbonyl (C=O) groups excluding carboxylic acids is 2. The fraction of sp³-hybridized carbons (Fsp3) is 0.783. The van der Waals surface area contributed by atoms with Gasteiger partial charge in [0.2, 0.25) is 12.3 Å². The predicted molar refractivity (Wildman–Crippen MR) is 120 cm³/mol. The summed E-state index contributed by atoms with van der Waals surface area (Å²) in [6, 6.07) is -0.317. The molecule has 1 aliphatic heterocycles. The molecule has 32 heavy (non-hydrogen) atoms. The molecule has 1 saturated carbocycles. The highest BCUT2D eigenvalue weighted by Crippen LogP contribution is 2.34. The van der Waals surface area contributed by atoms with E-state index < -0.39 is 5.92 Å². The van der Waals surface area contributed by atoms with E-state index in [-0.39, 0.29) is 23.9 Å². The second-order valence-corrected chi connectivity index (χ2v) is 10.3. The van der Waals surface area contributed by atoms with Gasteiger partial charge in [-0.25, -0.2) is 10.0 Å². The van der Waals surface area contributed by atoms with Crippen LogP contribution in [0.1, 0.15) is 70.4 Å². The number of imidazole rings is 1. The van der Waals surface area contributed by atoms with Gasteiger partial charge in [0.05, 0.1) is 31.7 Å². The zero-order chi connectivity index (χ0) is 23.1. The van der Waals surface area contributed by atoms with E-state index in [0.29, 0.717) is 23.8 Å². The molecule has 2 aliphatic rings. The minimum Gasteiger partial charge on any atom is -0.379 e. The van der Waals surface area contributed by atoms with Crippen LogP contribution in [0.2, 0.25) is 0 Å². The van der Waals surface area contributed by atoms with Gasteiger partial charge in [-0.1, -0.05) is 46.5 Å². The molecule has 0 aromatic carbocycles. The zero-order valence-electron chi connectivity index (χ0n) is 19.7. The third-order valence-corrected chi connectivity index (χ3v) is 6.56. The van der Waals surface area contributed by atoms with Crippen molar-refractivity contribution in [2.75, 3.05) is 32.8 Å². The topological polar surface area (TPSA) is 111 Å². The third-order valence-electron chi connectivity index (χ3n) is 6.56. The number of morpholine rings is 1. The van der Waals surface area contributed by atoms with E-state index in [1.165, 1.54) is 12.8 Å². The van der Waals surface area contributed by atoms with Crippen molar-refractivity contribution in [1.29, 1.82) is 0 Å². The maximum Gasteiger partial charge on any atom is 0.233 e. The Kier molecular flexibility index (Phi) is 8.67. The Balaban J connectivity index is 1.70. The average molecular weight is 450 g/mol. The fourth-order valence-electron chi connectivity index (χ4n) is 4.74. The molecule has 180 valence electrons. The quantitative estimate of drug-likeness (QED) is 0.288. The van der Waals surface area contributed by atoms with Crippen molar-refractivity contribution in [2.24, 2.45) is 17.3 Å². The number of hydrogen-bond donors (Lipinski definition) is 3. The van der Waals surface area contributed by atoms with Gasteiger partial charge in [0.1, 0.15) is 5.82 Å². The van der Waals surface area contributed by atoms with Crippen LogP contribution in [0.5, 0.6) is 0 Å². The molecule has 0 radical (unpaired) electrons. The van der Waals surface area contributed by atoms with Crippen LogP contribution in [0.15, 0.2) is 6.20 Å². The highest BCUT2D eigenvalue weighted by Gasteiger charge is 2.34. The molecule has 2 atom stereocenters. The summed E-state index contributed by atoms with van der Waals surface area (Å²) < 4.78 is 5.42. The number of aromatic amines is 1. The van der Waals surface area contributed by atoms with Gasteiger partial charge in [0, 0.05) is 31.5 Å². The van der Waals surface area contributed by atoms with Gasteiger partial charge in [-0.15, -0.1) is 0 Å². The first-order chi connectivity index (χ1) is 15.3. The summed E-state index contributed by atoms with van der Waals surface area (Å²) >= 11 is 0. The summed E-state index contributed by atoms with van der Waals surface area (Å²) in [5, 5.41) is 13.5. The number of ether oxygens (including phenoxy) is 1. The highest BCUT2D eigenvalue weighted by molar-refractivity contribution is 5.79. The minimum atomic E-state index is -0.457. The number of aromatic nitrogens is 2. The van der Waals surface area contributed by atoms with E-state index in [4.69, 9.17) is 4.74 Å². The summed E-state index contributed by atoms with van der Waals surface area (Å²) in [5.41, 5.74) is 0.737. The van der Waals surface area contributed by atoms with E-state index in [9.17, 15) is 14.8 Å². The Labute approximate surface area is 190 Å². The highest BCUT2D eigenvalue weighted by atomic mass is 16.5. The van der Waals surface area contributed by atoms with Crippen LogP contribution in [0.3, 0.4) is 0 Å². The summed E-state index contributed by atoms with van der Waals surface area (Å²) in [7, 11) is 0. The Bertz CT molecular complexity index is 735. The molecule has 1 aromatic heterocycles. The monoisotopic (exact) mass is 449 g/mol. The van der Waals surface area contributed by atoms with E-state index in [1.807, 2.05) is 6.20 Å². The maximum atomic E-state index is 13.3. The number of rotatable bonds is 10. The number of amides is 2. The molecule has 0 bridgehead atoms. The zero-order valence-corrected chi connectivity index (χ0v) is 19.7. The Morgan fingerprint density at radius 2 is 2.06 bits per heavy atom. The number of nitrogens with zero attached hydrogens (tertiary/aromatic N) is 3. The second-order valence-electron chi connectivity index (χ2n) is 10.3. The van der Waals surface area contributed by atoms with Crippen molar-refractivity contribution >= 4 is 12.3 Å². The van der Waals surface area contributed by atoms with Crippen LogP contribution in [-0.4, -0.2) is 70.3 Å². The number of nitrogens with one attached hydrogen (secondary N) is 2. The van der Waals surface area contributed by atoms with Crippen LogP contribution in [0.25, 0.3) is 0 Å². The van der Waals surface area contributed by atoms with Gasteiger partial charge in [-0.2, -0.15) is 0 Å². The second kappa shape index (κ2) is 11.2. The minimum absolute atomic E-state index is 0.00311. The SMILES string of the molecule is CC(C)(C)C(NC(=O)[C@H](CC1CCCC1)CN(O)C=O)c1ncc(CN2CCOCC2)[nH]1. The van der Waals surface area contributed by atoms with Crippen molar-refractivity contribution in [3.63, 3.8) is 0 Å². The number of H-pyrrole nitrogens is 1. The number of carbonyl (C=O) groups is 2. The number of hydroxylamine groups is 2. The van der Waals surface area contributed by atoms with E-state index >= 15 is 0 Å². The van der Waals surface area contributed by atoms with E-state index in [1.54, 1.807) is 0 Å². The number of hydrogen-bond acceptors (Lipinski definition) is 6. The molecular formula is C23H39N5O4. The molecule has 3 N–H and O–H groups in total. The molecule has 3 rings (SSSR count). The lowest BCUT2D eigenvalue weighted by atomic mass is 9.85. The lowest BCUT2D eigenvalue weighted by Gasteiger charge is -2.32. The molecule has 1 aliphatic carbocycles. The normalized spacial score (nSPS) is 20.1. The molecule has 1 unspecified atom stereocenters. The van der Waals surface area contributed by atoms with Gasteiger partial charge >= 0.3 is 0 Å². The smallest absolute Gasteiger partial charge is 0.233 e. The third kappa shape index (κ3) is 7.02. The van der Waals surface area contributed by atoms with Crippen LogP contribution >= 0.6 is 0 Å². The lowest BCUT2D eigenvalue weighted by molar-refractivity contribution is -0.155. The fourth-order valence-corrected chi connectivity index (χ4v) is 4.74. The molecule has 1 saturated heterocycles. The first kappa shape index (κ1) is 24.7. The van der Waals surface area contributed by atoms with E-state index in [2.05, 4.69) is 41.0 Å². The average Bonchev–Trinajstić information content (AvgIpc) is 3.43. The summed E-state index contributed by atoms with van der Waals surface area (Å²) in [4.78, 5) is 34.6. The van der Waals surface area contributed by atoms with Crippen molar-refractivity contribution in [3.8, 4) is 0 Å². The predicted octanol–water partition coefficient (Wildman–Crippen LogP) is 2.49. The van der Waals surface area contributed by atoms with Gasteiger partial charge in [0.25, 0.3) is 0 Å². The van der Waals surface area contributed by atoms with Gasteiger partial charge in [-0.05, 0) is 17.8 Å². The van der Waals surface area contributed by atoms with E-state index in [0.717, 1.165) is 57.2 Å². The molecule has 9 nitrogen and oxygen atoms in total. The largest absolute Gasteiger partial charge is 0.379 e. The molecule has 1 aromatic rings. The van der Waals surface area contributed by atoms with Gasteiger partial charge < -0.3 is 15.0 Å². The standard InChI is InChI=1S/C23H39N5O4/c1-23(2,3)20(21-24-13-19(25-21)15-27-8-10-32-11-9-27)26-22(30)18(14-28(31)16-29)12-17-6-4-5-7-17/h13,16-18,20,31H,4-12,14-15H2,1-3H3,(H,24,25)(H,26,30)/t18-,20?/m1/s1. The maximum absolute atomic E-state index is 13.3. The Hall–Kier alpha value is -1.97. The summed E-state index contributed by atoms with van der Waals surface area (Å²) in [5.74, 6) is 0.581. The van der Waals surface area contributed by atoms with Crippen LogP contribution in [0.4, 0.5) is 0 Å². The molecule has 2 amide bonds. The summed E-state index contributed by atoms with van der Waals surface area (Å²) in [6.07, 6.45) is 7.43. The molecule has 2 heterocycles. The van der Waals surface area contributed by atoms with Crippen molar-refractivity contribution in [2.45, 2.75) is 65.5 Å². The van der Waals surface area contributed by atoms with Crippen LogP contribution in [-0.2, 0) is 20.9 Å². The van der Waals surface area contributed by atoms with Crippen LogP contribution < -0.4 is 5.32 Å². The molecule has 0 spiro atoms. The molecule has 9 heteroatoms. The molecule has 2 fully saturated rings. The van der Waals surface area contributed by atoms with Crippen LogP contribution in [0, 0.1) is 17.3 Å². The van der Waals surface area contributed by atoms with Crippen molar-refractivity contribution in [1.82, 2.24) is 25.2 Å². The lowest BCUT2D eigenvalue weighted by Crippen LogP contribution is -2.43. The van der Waals surface area contributed by atoms with Gasteiger partial charge in [0.15, 0.2) is 0 Å². The first-order valence-corrected chi connectivity index (χ1v) is 11.8. The Morgan fingerprint density at radius 1 is 1.38 bits per heavy atom. The van der Waals surface area contributed by atoms with Crippen molar-refractivity contribution < 1.29 is 19.5 Å². The molecular weight excluding hydrogens is 410 g/mol.